The van der Waals surface area contributed by atoms with Crippen LogP contribution in [-0.4, -0.2) is 57.6 Å². The van der Waals surface area contributed by atoms with Gasteiger partial charge >= 0.3 is 0 Å². The van der Waals surface area contributed by atoms with Crippen LogP contribution in [0.4, 0.5) is 5.82 Å². The number of hydrogen-bond donors (Lipinski definition) is 3. The molecule has 8 heteroatoms. The van der Waals surface area contributed by atoms with Crippen molar-refractivity contribution in [3.05, 3.63) is 90.6 Å². The second-order valence-electron chi connectivity index (χ2n) is 10.0. The van der Waals surface area contributed by atoms with Crippen molar-refractivity contribution in [3.8, 4) is 28.3 Å². The van der Waals surface area contributed by atoms with Gasteiger partial charge in [0.2, 0.25) is 0 Å². The molecule has 3 aromatic heterocycles. The van der Waals surface area contributed by atoms with Crippen molar-refractivity contribution >= 4 is 17.0 Å². The van der Waals surface area contributed by atoms with Gasteiger partial charge in [0.1, 0.15) is 11.3 Å². The molecule has 0 bridgehead atoms. The third-order valence-corrected chi connectivity index (χ3v) is 7.37. The van der Waals surface area contributed by atoms with Gasteiger partial charge in [-0.1, -0.05) is 70.2 Å². The molecule has 2 saturated heterocycles. The summed E-state index contributed by atoms with van der Waals surface area (Å²) in [6.07, 6.45) is 1.70. The molecule has 2 fully saturated rings. The summed E-state index contributed by atoms with van der Waals surface area (Å²) in [6.45, 7) is 13.7. The predicted octanol–water partition coefficient (Wildman–Crippen LogP) is 5.76. The Hall–Kier alpha value is -4.11. The maximum absolute atomic E-state index is 6.29. The van der Waals surface area contributed by atoms with E-state index in [-0.39, 0.29) is 0 Å². The first-order chi connectivity index (χ1) is 20.7. The van der Waals surface area contributed by atoms with Crippen LogP contribution in [0.2, 0.25) is 0 Å². The van der Waals surface area contributed by atoms with E-state index in [2.05, 4.69) is 61.9 Å². The fraction of sp³-hybridized carbons (Fsp3) is 0.324. The highest BCUT2D eigenvalue weighted by Gasteiger charge is 2.47. The molecule has 1 spiro atoms. The van der Waals surface area contributed by atoms with Gasteiger partial charge in [0, 0.05) is 55.6 Å². The van der Waals surface area contributed by atoms with Gasteiger partial charge in [0.15, 0.2) is 11.5 Å². The van der Waals surface area contributed by atoms with Crippen molar-refractivity contribution in [1.82, 2.24) is 29.7 Å². The first-order valence-corrected chi connectivity index (χ1v) is 14.9. The van der Waals surface area contributed by atoms with Crippen LogP contribution in [0, 0.1) is 5.41 Å². The van der Waals surface area contributed by atoms with Crippen LogP contribution in [-0.2, 0) is 6.54 Å². The van der Waals surface area contributed by atoms with Gasteiger partial charge in [-0.05, 0) is 49.0 Å². The van der Waals surface area contributed by atoms with E-state index in [0.717, 1.165) is 59.1 Å². The topological polar surface area (TPSA) is 111 Å². The van der Waals surface area contributed by atoms with Crippen molar-refractivity contribution in [1.29, 1.82) is 0 Å². The molecule has 5 aromatic rings. The van der Waals surface area contributed by atoms with E-state index >= 15 is 0 Å². The van der Waals surface area contributed by atoms with Crippen LogP contribution >= 0.6 is 0 Å². The van der Waals surface area contributed by atoms with E-state index in [4.69, 9.17) is 15.7 Å². The zero-order chi connectivity index (χ0) is 30.1. The molecule has 0 radical (unpaired) electrons. The third-order valence-electron chi connectivity index (χ3n) is 7.37. The lowest BCUT2D eigenvalue weighted by Crippen LogP contribution is -2.70. The number of fused-ring (bicyclic) bond motifs is 1. The molecule has 7 rings (SSSR count). The maximum atomic E-state index is 6.29. The number of nitrogens with zero attached hydrogens (tertiary/aromatic N) is 5. The number of nitrogens with two attached hydrogens (primary N) is 2. The summed E-state index contributed by atoms with van der Waals surface area (Å²) in [6, 6.07) is 26.8. The number of pyridine rings is 2. The van der Waals surface area contributed by atoms with E-state index in [0.29, 0.717) is 11.2 Å². The molecule has 0 saturated carbocycles. The molecular weight excluding hydrogens is 520 g/mol. The fourth-order valence-corrected chi connectivity index (χ4v) is 5.48. The number of rotatable bonds is 5. The Balaban J connectivity index is 0.000000637. The Morgan fingerprint density at radius 1 is 0.810 bits per heavy atom. The van der Waals surface area contributed by atoms with Crippen LogP contribution in [0.25, 0.3) is 39.5 Å². The summed E-state index contributed by atoms with van der Waals surface area (Å²) in [5, 5.41) is 3.41. The monoisotopic (exact) mass is 564 g/mol. The highest BCUT2D eigenvalue weighted by atomic mass is 15.3. The van der Waals surface area contributed by atoms with E-state index in [9.17, 15) is 0 Å². The summed E-state index contributed by atoms with van der Waals surface area (Å²) in [5.74, 6) is 1.19. The molecule has 0 aliphatic carbocycles. The molecule has 2 aromatic carbocycles. The highest BCUT2D eigenvalue weighted by molar-refractivity contribution is 5.84. The highest BCUT2D eigenvalue weighted by Crippen LogP contribution is 2.35. The largest absolute Gasteiger partial charge is 0.383 e. The van der Waals surface area contributed by atoms with Gasteiger partial charge in [-0.15, -0.1) is 0 Å². The smallest absolute Gasteiger partial charge is 0.165 e. The van der Waals surface area contributed by atoms with E-state index < -0.39 is 0 Å². The lowest BCUT2D eigenvalue weighted by molar-refractivity contribution is -0.0444. The summed E-state index contributed by atoms with van der Waals surface area (Å²) in [7, 11) is 1.50. The van der Waals surface area contributed by atoms with Crippen molar-refractivity contribution in [2.75, 3.05) is 39.0 Å². The first kappa shape index (κ1) is 30.8. The second kappa shape index (κ2) is 14.2. The molecule has 0 atom stereocenters. The van der Waals surface area contributed by atoms with Crippen molar-refractivity contribution in [2.24, 2.45) is 11.1 Å². The number of hydrogen-bond acceptors (Lipinski definition) is 7. The normalized spacial score (nSPS) is 14.7. The van der Waals surface area contributed by atoms with Crippen LogP contribution in [0.1, 0.15) is 33.3 Å². The summed E-state index contributed by atoms with van der Waals surface area (Å²) in [4.78, 5) is 16.8. The quantitative estimate of drug-likeness (QED) is 0.249. The lowest BCUT2D eigenvalue weighted by atomic mass is 9.74. The Bertz CT molecular complexity index is 1550. The van der Waals surface area contributed by atoms with Gasteiger partial charge in [-0.3, -0.25) is 9.47 Å². The summed E-state index contributed by atoms with van der Waals surface area (Å²) >= 11 is 0. The molecule has 5 heterocycles. The zero-order valence-corrected chi connectivity index (χ0v) is 25.5. The molecule has 42 heavy (non-hydrogen) atoms. The maximum Gasteiger partial charge on any atom is 0.165 e. The van der Waals surface area contributed by atoms with Crippen LogP contribution in [0.15, 0.2) is 85.1 Å². The molecule has 2 aliphatic rings. The van der Waals surface area contributed by atoms with Crippen LogP contribution in [0.3, 0.4) is 0 Å². The predicted molar refractivity (Wildman–Crippen MR) is 175 cm³/mol. The van der Waals surface area contributed by atoms with Crippen LogP contribution < -0.4 is 16.8 Å². The Morgan fingerprint density at radius 2 is 1.50 bits per heavy atom. The first-order valence-electron chi connectivity index (χ1n) is 14.9. The van der Waals surface area contributed by atoms with Gasteiger partial charge < -0.3 is 16.8 Å². The molecular formula is C34H44N8. The van der Waals surface area contributed by atoms with Gasteiger partial charge in [0.05, 0.1) is 11.3 Å². The van der Waals surface area contributed by atoms with Crippen molar-refractivity contribution < 1.29 is 0 Å². The Morgan fingerprint density at radius 3 is 2.12 bits per heavy atom. The molecule has 0 amide bonds. The zero-order valence-electron chi connectivity index (χ0n) is 25.5. The van der Waals surface area contributed by atoms with E-state index in [1.54, 1.807) is 6.20 Å². The summed E-state index contributed by atoms with van der Waals surface area (Å²) in [5.41, 5.74) is 18.0. The SMILES string of the molecule is CC.CC.CN.Nc1ncccc1-c1nc2ccc(-c3ccccc3)nc2n1-c1ccc(CN2CC3(CNC3)C2)cc1. The second-order valence-corrected chi connectivity index (χ2v) is 10.0. The summed E-state index contributed by atoms with van der Waals surface area (Å²) < 4.78 is 2.09. The number of benzene rings is 2. The number of imidazole rings is 1. The Kier molecular flexibility index (Phi) is 10.4. The van der Waals surface area contributed by atoms with Crippen LogP contribution in [0.5, 0.6) is 0 Å². The minimum Gasteiger partial charge on any atom is -0.383 e. The minimum atomic E-state index is 0.450. The average Bonchev–Trinajstić information content (AvgIpc) is 3.40. The Labute approximate surface area is 249 Å². The molecule has 2 aliphatic heterocycles. The van der Waals surface area contributed by atoms with Gasteiger partial charge in [0.25, 0.3) is 0 Å². The molecule has 5 N–H and O–H groups in total. The lowest BCUT2D eigenvalue weighted by Gasteiger charge is -2.56. The van der Waals surface area contributed by atoms with Gasteiger partial charge in [-0.2, -0.15) is 0 Å². The fourth-order valence-electron chi connectivity index (χ4n) is 5.48. The average molecular weight is 565 g/mol. The van der Waals surface area contributed by atoms with Gasteiger partial charge in [-0.25, -0.2) is 15.0 Å². The minimum absolute atomic E-state index is 0.450. The number of likely N-dealkylation sites (tertiary alicyclic amines) is 1. The van der Waals surface area contributed by atoms with E-state index in [1.165, 1.54) is 25.7 Å². The standard InChI is InChI=1S/C29H27N7.2C2H6.CH5N/c30-26-23(7-4-14-32-26)27-34-25-13-12-24(21-5-2-1-3-6-21)33-28(25)36(27)22-10-8-20(9-11-22)15-35-18-29(19-35)16-31-17-29;3*1-2/h1-14,31H,15-19H2,(H2,30,32);2*1-2H3;2H2,1H3. The number of aromatic nitrogens is 4. The third kappa shape index (κ3) is 6.21. The number of nitrogens with one attached hydrogen (secondary N) is 1. The molecule has 220 valence electrons. The van der Waals surface area contributed by atoms with E-state index in [1.807, 2.05) is 70.2 Å². The molecule has 8 nitrogen and oxygen atoms in total. The molecule has 0 unspecified atom stereocenters. The number of anilines is 1. The van der Waals surface area contributed by atoms with Crippen molar-refractivity contribution in [3.63, 3.8) is 0 Å². The number of nitrogen functional groups attached to an aromatic ring is 1. The van der Waals surface area contributed by atoms with Crippen molar-refractivity contribution in [2.45, 2.75) is 34.2 Å².